The molecule has 0 spiro atoms. The van der Waals surface area contributed by atoms with Crippen LogP contribution in [0.1, 0.15) is 41.7 Å². The zero-order valence-corrected chi connectivity index (χ0v) is 72.1. The van der Waals surface area contributed by atoms with Crippen LogP contribution in [0.15, 0.2) is 346 Å². The van der Waals surface area contributed by atoms with E-state index in [0.717, 1.165) is 56.3 Å². The third kappa shape index (κ3) is 26.7. The van der Waals surface area contributed by atoms with Gasteiger partial charge in [0, 0.05) is 138 Å². The van der Waals surface area contributed by atoms with Crippen LogP contribution in [0, 0.1) is 65.0 Å². The molecule has 5 radical (unpaired) electrons. The van der Waals surface area contributed by atoms with Gasteiger partial charge in [-0.25, -0.2) is 0 Å². The van der Waals surface area contributed by atoms with E-state index in [-0.39, 0.29) is 112 Å². The molecule has 0 aliphatic rings. The van der Waals surface area contributed by atoms with Gasteiger partial charge in [-0.1, -0.05) is 245 Å². The van der Waals surface area contributed by atoms with Crippen molar-refractivity contribution in [3.8, 4) is 112 Å². The first-order valence-electron chi connectivity index (χ1n) is 33.7. The van der Waals surface area contributed by atoms with Crippen molar-refractivity contribution in [2.24, 2.45) is 0 Å². The molecule has 545 valence electrons. The molecule has 0 saturated carbocycles. The molecule has 0 fully saturated rings. The number of allylic oxidation sites excluding steroid dienone is 2. The molecule has 0 bridgehead atoms. The van der Waals surface area contributed by atoms with Crippen LogP contribution in [-0.2, 0) is 105 Å². The molecular formula is C95H78Ir5N5O2-5. The van der Waals surface area contributed by atoms with E-state index in [1.807, 2.05) is 134 Å². The van der Waals surface area contributed by atoms with Gasteiger partial charge in [0.1, 0.15) is 0 Å². The largest absolute Gasteiger partial charge is 0.512 e. The van der Waals surface area contributed by atoms with Gasteiger partial charge in [0.05, 0.1) is 5.76 Å². The SMILES string of the molecule is CC(=O)C=C(C)O.Cc1c(-c2ccccn2)[c-]ccc1-c1ccccc1.Cc1ccccc1-c1c[c-]c(-c2ccccn2)cc1.Cc1ccccc1-c1c[c-]c(-c2ccccn2)cc1.Cc1cccnc1-c1[c-]ccc(-c2ccccc2)c1.Cc1ccnc(-c2[c-]ccc(-c3ccccc3)c2)c1.[Ir].[Ir].[Ir].[Ir].[Ir]. The maximum atomic E-state index is 10.0. The van der Waals surface area contributed by atoms with Crippen molar-refractivity contribution >= 4 is 5.78 Å². The summed E-state index contributed by atoms with van der Waals surface area (Å²) in [5.41, 5.74) is 28.4. The van der Waals surface area contributed by atoms with Gasteiger partial charge >= 0.3 is 0 Å². The number of carbonyl (C=O) groups excluding carboxylic acids is 1. The Morgan fingerprint density at radius 1 is 0.318 bits per heavy atom. The molecule has 1 N–H and O–H groups in total. The molecule has 10 aromatic carbocycles. The predicted octanol–water partition coefficient (Wildman–Crippen LogP) is 23.6. The number of rotatable bonds is 11. The van der Waals surface area contributed by atoms with Crippen LogP contribution in [0.25, 0.3) is 112 Å². The first kappa shape index (κ1) is 88.0. The van der Waals surface area contributed by atoms with Crippen LogP contribution in [0.4, 0.5) is 0 Å². The molecule has 0 amide bonds. The van der Waals surface area contributed by atoms with Gasteiger partial charge in [0.2, 0.25) is 0 Å². The Kier molecular flexibility index (Phi) is 38.2. The quantitative estimate of drug-likeness (QED) is 0.0782. The van der Waals surface area contributed by atoms with E-state index < -0.39 is 0 Å². The Labute approximate surface area is 699 Å². The minimum Gasteiger partial charge on any atom is -0.512 e. The molecule has 0 atom stereocenters. The molecule has 107 heavy (non-hydrogen) atoms. The first-order valence-corrected chi connectivity index (χ1v) is 33.7. The van der Waals surface area contributed by atoms with Gasteiger partial charge in [0.25, 0.3) is 0 Å². The molecule has 0 aliphatic heterocycles. The zero-order valence-electron chi connectivity index (χ0n) is 60.1. The molecular weight excluding hydrogens is 2200 g/mol. The van der Waals surface area contributed by atoms with Crippen molar-refractivity contribution in [2.75, 3.05) is 0 Å². The monoisotopic (exact) mass is 2290 g/mol. The van der Waals surface area contributed by atoms with E-state index in [2.05, 4.69) is 278 Å². The average Bonchev–Trinajstić information content (AvgIpc) is 0.809. The van der Waals surface area contributed by atoms with Crippen LogP contribution >= 0.6 is 0 Å². The Bertz CT molecular complexity index is 4950. The van der Waals surface area contributed by atoms with Crippen LogP contribution < -0.4 is 0 Å². The second kappa shape index (κ2) is 46.5. The van der Waals surface area contributed by atoms with Gasteiger partial charge in [0.15, 0.2) is 5.78 Å². The minimum absolute atomic E-state index is 0. The number of aromatic nitrogens is 5. The standard InChI is InChI=1S/5C18H14N.C5H8O2.5Ir/c2*1-14-6-2-3-7-17(14)15-9-11-16(12-10-15)18-8-4-5-13-19-18;1-14-7-6-12-19-18(14)17-11-5-10-16(13-17)15-8-3-2-4-9-15;1-14-16(15-8-3-2-4-9-15)10-7-11-17(14)18-12-5-6-13-19-18;1-14-10-11-19-18(12-14)17-9-5-8-16(13-17)15-6-3-2-4-7-15;1-4(6)3-5(2)7;;;;;/h2*2-11,13H,1H3;2*2-10,12-13H,1H3;2-8,10-13H,1H3;3,6H,1-2H3;;;;;/q5*-1;;;;;;. The van der Waals surface area contributed by atoms with Crippen molar-refractivity contribution in [3.05, 3.63) is 404 Å². The number of hydrogen-bond donors (Lipinski definition) is 1. The number of hydrogen-bond acceptors (Lipinski definition) is 7. The molecule has 15 aromatic rings. The number of nitrogens with zero attached hydrogens (tertiary/aromatic N) is 5. The summed E-state index contributed by atoms with van der Waals surface area (Å²) >= 11 is 0. The van der Waals surface area contributed by atoms with E-state index in [0.29, 0.717) is 0 Å². The third-order valence-electron chi connectivity index (χ3n) is 16.4. The third-order valence-corrected chi connectivity index (χ3v) is 16.4. The fraction of sp³-hybridized carbons (Fsp3) is 0.0737. The summed E-state index contributed by atoms with van der Waals surface area (Å²) in [7, 11) is 0. The van der Waals surface area contributed by atoms with Crippen molar-refractivity contribution in [1.29, 1.82) is 0 Å². The van der Waals surface area contributed by atoms with Crippen molar-refractivity contribution < 1.29 is 110 Å². The van der Waals surface area contributed by atoms with Gasteiger partial charge in [-0.15, -0.1) is 160 Å². The van der Waals surface area contributed by atoms with Crippen LogP contribution in [-0.4, -0.2) is 35.8 Å². The molecule has 7 nitrogen and oxygen atoms in total. The summed E-state index contributed by atoms with van der Waals surface area (Å²) in [6.45, 7) is 13.4. The summed E-state index contributed by atoms with van der Waals surface area (Å²) in [4.78, 5) is 32.0. The van der Waals surface area contributed by atoms with E-state index in [9.17, 15) is 4.79 Å². The van der Waals surface area contributed by atoms with Gasteiger partial charge in [-0.2, -0.15) is 0 Å². The summed E-state index contributed by atoms with van der Waals surface area (Å²) in [6.07, 6.45) is 10.3. The average molecular weight is 2280 g/mol. The first-order chi connectivity index (χ1) is 49.8. The maximum absolute atomic E-state index is 10.0. The Hall–Kier alpha value is -9.59. The summed E-state index contributed by atoms with van der Waals surface area (Å²) in [5, 5.41) is 8.36. The molecule has 0 saturated heterocycles. The van der Waals surface area contributed by atoms with Crippen molar-refractivity contribution in [3.63, 3.8) is 0 Å². The van der Waals surface area contributed by atoms with Crippen LogP contribution in [0.3, 0.4) is 0 Å². The summed E-state index contributed by atoms with van der Waals surface area (Å²) < 4.78 is 0. The number of aliphatic hydroxyl groups excluding tert-OH is 1. The maximum Gasteiger partial charge on any atom is 0.155 e. The van der Waals surface area contributed by atoms with E-state index in [1.165, 1.54) is 103 Å². The smallest absolute Gasteiger partial charge is 0.155 e. The fourth-order valence-electron chi connectivity index (χ4n) is 11.2. The van der Waals surface area contributed by atoms with Gasteiger partial charge in [-0.05, 0) is 117 Å². The number of aliphatic hydroxyl groups is 1. The second-order valence-corrected chi connectivity index (χ2v) is 24.0. The molecule has 12 heteroatoms. The molecule has 15 rings (SSSR count). The number of aryl methyl sites for hydroxylation is 4. The normalized spacial score (nSPS) is 9.95. The summed E-state index contributed by atoms with van der Waals surface area (Å²) in [6, 6.07) is 119. The molecule has 5 aromatic heterocycles. The number of pyridine rings is 5. The number of carbonyl (C=O) groups is 1. The fourth-order valence-corrected chi connectivity index (χ4v) is 11.2. The second-order valence-electron chi connectivity index (χ2n) is 24.0. The Morgan fingerprint density at radius 3 is 1.17 bits per heavy atom. The van der Waals surface area contributed by atoms with E-state index >= 15 is 0 Å². The van der Waals surface area contributed by atoms with E-state index in [1.54, 1.807) is 12.4 Å². The molecule has 0 aliphatic carbocycles. The minimum atomic E-state index is -0.125. The van der Waals surface area contributed by atoms with Crippen LogP contribution in [0.2, 0.25) is 0 Å². The summed E-state index contributed by atoms with van der Waals surface area (Å²) in [5.74, 6) is -0.0625. The molecule has 5 heterocycles. The Morgan fingerprint density at radius 2 is 0.738 bits per heavy atom. The van der Waals surface area contributed by atoms with Gasteiger partial charge < -0.3 is 30.0 Å². The Balaban J connectivity index is 0.000000232. The topological polar surface area (TPSA) is 102 Å². The van der Waals surface area contributed by atoms with Crippen molar-refractivity contribution in [1.82, 2.24) is 24.9 Å². The number of ketones is 1. The molecule has 0 unspecified atom stereocenters. The van der Waals surface area contributed by atoms with Crippen molar-refractivity contribution in [2.45, 2.75) is 48.5 Å². The zero-order chi connectivity index (χ0) is 71.3. The number of benzene rings is 10. The predicted molar refractivity (Wildman–Crippen MR) is 420 cm³/mol. The van der Waals surface area contributed by atoms with Gasteiger partial charge in [-0.3, -0.25) is 4.79 Å². The van der Waals surface area contributed by atoms with Crippen LogP contribution in [0.5, 0.6) is 0 Å². The van der Waals surface area contributed by atoms with E-state index in [4.69, 9.17) is 5.11 Å².